The maximum Gasteiger partial charge on any atom is 0.207 e. The summed E-state index contributed by atoms with van der Waals surface area (Å²) in [5.41, 5.74) is 10.3. The maximum absolute atomic E-state index is 9.58. The minimum absolute atomic E-state index is 0.0305. The molecule has 2 atom stereocenters. The topological polar surface area (TPSA) is 144 Å². The molecule has 3 heterocycles. The van der Waals surface area contributed by atoms with Gasteiger partial charge in [0.15, 0.2) is 17.0 Å². The van der Waals surface area contributed by atoms with Crippen molar-refractivity contribution >= 4 is 22.9 Å². The number of aliphatic hydroxyl groups excluding tert-OH is 2. The summed E-state index contributed by atoms with van der Waals surface area (Å²) in [5, 5.41) is 22.2. The first-order valence-electron chi connectivity index (χ1n) is 13.7. The lowest BCUT2D eigenvalue weighted by atomic mass is 10.0. The first-order chi connectivity index (χ1) is 19.6. The highest BCUT2D eigenvalue weighted by molar-refractivity contribution is 5.84. The Morgan fingerprint density at radius 3 is 2.75 bits per heavy atom. The highest BCUT2D eigenvalue weighted by Crippen LogP contribution is 2.35. The fourth-order valence-electron chi connectivity index (χ4n) is 4.97. The number of anilines is 2. The number of likely N-dealkylation sites (N-methyl/N-ethyl adjacent to an activating group) is 1. The Hall–Kier alpha value is -3.77. The zero-order valence-corrected chi connectivity index (χ0v) is 22.7. The van der Waals surface area contributed by atoms with E-state index in [1.165, 1.54) is 6.33 Å². The third-order valence-electron chi connectivity index (χ3n) is 7.09. The van der Waals surface area contributed by atoms with Gasteiger partial charge in [0, 0.05) is 25.2 Å². The van der Waals surface area contributed by atoms with Crippen LogP contribution in [-0.2, 0) is 11.3 Å². The lowest BCUT2D eigenvalue weighted by molar-refractivity contribution is -0.0197. The van der Waals surface area contributed by atoms with Gasteiger partial charge in [-0.05, 0) is 43.5 Å². The van der Waals surface area contributed by atoms with Crippen molar-refractivity contribution in [2.75, 3.05) is 51.0 Å². The first kappa shape index (κ1) is 27.8. The van der Waals surface area contributed by atoms with Crippen LogP contribution in [0.25, 0.3) is 22.3 Å². The predicted molar refractivity (Wildman–Crippen MR) is 154 cm³/mol. The van der Waals surface area contributed by atoms with Crippen LogP contribution in [0.3, 0.4) is 0 Å². The van der Waals surface area contributed by atoms with Gasteiger partial charge in [-0.1, -0.05) is 42.5 Å². The minimum atomic E-state index is -0.317. The molecule has 0 amide bonds. The molecule has 1 fully saturated rings. The maximum atomic E-state index is 9.58. The van der Waals surface area contributed by atoms with Gasteiger partial charge < -0.3 is 35.6 Å². The van der Waals surface area contributed by atoms with E-state index in [4.69, 9.17) is 25.3 Å². The molecule has 2 aromatic carbocycles. The van der Waals surface area contributed by atoms with Gasteiger partial charge in [-0.25, -0.2) is 15.0 Å². The van der Waals surface area contributed by atoms with E-state index in [1.807, 2.05) is 29.8 Å². The smallest absolute Gasteiger partial charge is 0.207 e. The van der Waals surface area contributed by atoms with Crippen LogP contribution in [0.1, 0.15) is 31.1 Å². The molecular weight excluding hydrogens is 510 g/mol. The molecular formula is C29H37N7O4. The molecule has 2 aromatic heterocycles. The Bertz CT molecular complexity index is 1400. The summed E-state index contributed by atoms with van der Waals surface area (Å²) in [7, 11) is 1.99. The van der Waals surface area contributed by atoms with Gasteiger partial charge in [0.1, 0.15) is 18.3 Å². The number of rotatable bonds is 13. The molecule has 4 aromatic rings. The van der Waals surface area contributed by atoms with Gasteiger partial charge in [0.25, 0.3) is 0 Å². The van der Waals surface area contributed by atoms with E-state index in [1.54, 1.807) is 0 Å². The normalized spacial score (nSPS) is 17.1. The molecule has 0 bridgehead atoms. The van der Waals surface area contributed by atoms with Crippen LogP contribution in [0.4, 0.5) is 11.8 Å². The van der Waals surface area contributed by atoms with E-state index < -0.39 is 0 Å². The van der Waals surface area contributed by atoms with E-state index in [0.29, 0.717) is 42.6 Å². The van der Waals surface area contributed by atoms with E-state index in [0.717, 1.165) is 48.2 Å². The first-order valence-corrected chi connectivity index (χ1v) is 13.7. The number of imidazole rings is 1. The van der Waals surface area contributed by atoms with Gasteiger partial charge in [-0.2, -0.15) is 0 Å². The van der Waals surface area contributed by atoms with E-state index in [2.05, 4.69) is 50.5 Å². The molecule has 11 nitrogen and oxygen atoms in total. The van der Waals surface area contributed by atoms with Crippen molar-refractivity contribution in [1.29, 1.82) is 0 Å². The van der Waals surface area contributed by atoms with Crippen molar-refractivity contribution in [1.82, 2.24) is 24.4 Å². The summed E-state index contributed by atoms with van der Waals surface area (Å²) in [6.07, 6.45) is 3.21. The van der Waals surface area contributed by atoms with E-state index in [9.17, 15) is 5.11 Å². The van der Waals surface area contributed by atoms with Crippen LogP contribution in [0.15, 0.2) is 54.9 Å². The zero-order chi connectivity index (χ0) is 27.9. The zero-order valence-electron chi connectivity index (χ0n) is 22.7. The number of aromatic nitrogens is 4. The van der Waals surface area contributed by atoms with Crippen molar-refractivity contribution in [2.45, 2.75) is 38.1 Å². The molecule has 1 saturated heterocycles. The summed E-state index contributed by atoms with van der Waals surface area (Å²) < 4.78 is 14.3. The fourth-order valence-corrected chi connectivity index (χ4v) is 4.97. The van der Waals surface area contributed by atoms with Crippen LogP contribution >= 0.6 is 0 Å². The van der Waals surface area contributed by atoms with Gasteiger partial charge >= 0.3 is 0 Å². The highest BCUT2D eigenvalue weighted by Gasteiger charge is 2.30. The molecule has 11 heteroatoms. The standard InChI is InChI=1S/C29H37N7O4/c1-35(13-14-37)12-5-15-39-24-16-20(8-10-23(24)21-6-3-2-4-7-21)17-31-29-34-26-27(30)32-19-33-28(26)36(29)25-11-9-22(18-38)40-25/h2-4,6-8,10,16,19,22,25,37-38H,5,9,11-15,17-18H2,1H3,(H,31,34)(H2,30,32,33)/t22-,25+/m0/s1. The summed E-state index contributed by atoms with van der Waals surface area (Å²) in [6.45, 7) is 2.64. The number of hydrogen-bond acceptors (Lipinski definition) is 10. The Morgan fingerprint density at radius 2 is 1.98 bits per heavy atom. The van der Waals surface area contributed by atoms with E-state index >= 15 is 0 Å². The number of ether oxygens (including phenoxy) is 2. The monoisotopic (exact) mass is 547 g/mol. The number of nitrogens with zero attached hydrogens (tertiary/aromatic N) is 5. The second-order valence-corrected chi connectivity index (χ2v) is 9.99. The quantitative estimate of drug-likeness (QED) is 0.184. The number of fused-ring (bicyclic) bond motifs is 1. The minimum Gasteiger partial charge on any atom is -0.493 e. The Kier molecular flexibility index (Phi) is 9.07. The van der Waals surface area contributed by atoms with Crippen LogP contribution in [-0.4, -0.2) is 80.7 Å². The van der Waals surface area contributed by atoms with Gasteiger partial charge in [-0.3, -0.25) is 4.57 Å². The predicted octanol–water partition coefficient (Wildman–Crippen LogP) is 3.05. The molecule has 0 saturated carbocycles. The summed E-state index contributed by atoms with van der Waals surface area (Å²) >= 11 is 0. The lowest BCUT2D eigenvalue weighted by Gasteiger charge is -2.18. The number of hydrogen-bond donors (Lipinski definition) is 4. The van der Waals surface area contributed by atoms with Crippen LogP contribution < -0.4 is 15.8 Å². The van der Waals surface area contributed by atoms with Gasteiger partial charge in [-0.15, -0.1) is 0 Å². The molecule has 40 heavy (non-hydrogen) atoms. The Balaban J connectivity index is 1.37. The SMILES string of the molecule is CN(CCO)CCCOc1cc(CNc2nc3c(N)ncnc3n2[C@H]2CC[C@@H](CO)O2)ccc1-c1ccccc1. The Morgan fingerprint density at radius 1 is 1.12 bits per heavy atom. The van der Waals surface area contributed by atoms with Crippen molar-refractivity contribution in [2.24, 2.45) is 0 Å². The molecule has 1 aliphatic heterocycles. The number of nitrogens with two attached hydrogens (primary N) is 1. The largest absolute Gasteiger partial charge is 0.493 e. The summed E-state index contributed by atoms with van der Waals surface area (Å²) in [4.78, 5) is 15.3. The number of aliphatic hydroxyl groups is 2. The summed E-state index contributed by atoms with van der Waals surface area (Å²) in [6, 6.07) is 16.4. The molecule has 5 rings (SSSR count). The van der Waals surface area contributed by atoms with Crippen LogP contribution in [0, 0.1) is 0 Å². The second-order valence-electron chi connectivity index (χ2n) is 9.99. The van der Waals surface area contributed by atoms with Crippen molar-refractivity contribution in [3.05, 3.63) is 60.4 Å². The van der Waals surface area contributed by atoms with Crippen LogP contribution in [0.2, 0.25) is 0 Å². The number of nitrogen functional groups attached to an aromatic ring is 1. The summed E-state index contributed by atoms with van der Waals surface area (Å²) in [5.74, 6) is 1.69. The number of benzene rings is 2. The molecule has 0 radical (unpaired) electrons. The second kappa shape index (κ2) is 13.1. The molecule has 0 aliphatic carbocycles. The third-order valence-corrected chi connectivity index (χ3v) is 7.09. The third kappa shape index (κ3) is 6.34. The van der Waals surface area contributed by atoms with Crippen LogP contribution in [0.5, 0.6) is 5.75 Å². The van der Waals surface area contributed by atoms with Gasteiger partial charge in [0.2, 0.25) is 5.95 Å². The van der Waals surface area contributed by atoms with E-state index in [-0.39, 0.29) is 25.5 Å². The Labute approximate surface area is 233 Å². The molecule has 0 spiro atoms. The highest BCUT2D eigenvalue weighted by atomic mass is 16.5. The fraction of sp³-hybridized carbons (Fsp3) is 0.414. The van der Waals surface area contributed by atoms with Crippen molar-refractivity contribution in [3.63, 3.8) is 0 Å². The lowest BCUT2D eigenvalue weighted by Crippen LogP contribution is -2.24. The average molecular weight is 548 g/mol. The molecule has 5 N–H and O–H groups in total. The van der Waals surface area contributed by atoms with Crippen molar-refractivity contribution < 1.29 is 19.7 Å². The number of nitrogens with one attached hydrogen (secondary N) is 1. The molecule has 1 aliphatic rings. The average Bonchev–Trinajstić information content (AvgIpc) is 3.60. The van der Waals surface area contributed by atoms with Crippen molar-refractivity contribution in [3.8, 4) is 16.9 Å². The molecule has 0 unspecified atom stereocenters. The van der Waals surface area contributed by atoms with Gasteiger partial charge in [0.05, 0.1) is 25.9 Å². The molecule has 212 valence electrons.